The summed E-state index contributed by atoms with van der Waals surface area (Å²) in [5.41, 5.74) is -0.121. The maximum absolute atomic E-state index is 13.3. The Hall–Kier alpha value is -1.88. The molecule has 6 heteroatoms. The number of carbonyl (C=O) groups excluding carboxylic acids is 1. The third-order valence-corrected chi connectivity index (χ3v) is 2.14. The lowest BCUT2D eigenvalue weighted by atomic mass is 10.2. The van der Waals surface area contributed by atoms with Gasteiger partial charge in [0.05, 0.1) is 5.56 Å². The van der Waals surface area contributed by atoms with Gasteiger partial charge in [-0.15, -0.1) is 0 Å². The molecule has 0 aliphatic rings. The van der Waals surface area contributed by atoms with Crippen molar-refractivity contribution in [1.29, 1.82) is 0 Å². The van der Waals surface area contributed by atoms with Crippen molar-refractivity contribution in [3.05, 3.63) is 47.0 Å². The summed E-state index contributed by atoms with van der Waals surface area (Å²) >= 11 is 5.67. The summed E-state index contributed by atoms with van der Waals surface area (Å²) in [6.07, 6.45) is 3.02. The van der Waals surface area contributed by atoms with Gasteiger partial charge < -0.3 is 4.98 Å². The minimum atomic E-state index is -0.631. The third kappa shape index (κ3) is 2.20. The largest absolute Gasteiger partial charge is 0.331 e. The molecule has 1 amide bonds. The van der Waals surface area contributed by atoms with E-state index in [1.807, 2.05) is 0 Å². The van der Waals surface area contributed by atoms with Crippen molar-refractivity contribution in [3.8, 4) is 0 Å². The van der Waals surface area contributed by atoms with Crippen molar-refractivity contribution in [2.75, 3.05) is 5.32 Å². The first kappa shape index (κ1) is 10.6. The van der Waals surface area contributed by atoms with Crippen LogP contribution in [-0.4, -0.2) is 15.9 Å². The Kier molecular flexibility index (Phi) is 2.87. The quantitative estimate of drug-likeness (QED) is 0.846. The summed E-state index contributed by atoms with van der Waals surface area (Å²) in [5, 5.41) is 2.70. The van der Waals surface area contributed by atoms with Crippen molar-refractivity contribution in [1.82, 2.24) is 9.97 Å². The molecule has 16 heavy (non-hydrogen) atoms. The van der Waals surface area contributed by atoms with Gasteiger partial charge >= 0.3 is 0 Å². The molecular weight excluding hydrogens is 233 g/mol. The molecule has 1 heterocycles. The molecule has 0 aliphatic carbocycles. The minimum Gasteiger partial charge on any atom is -0.331 e. The van der Waals surface area contributed by atoms with Crippen molar-refractivity contribution >= 4 is 23.5 Å². The number of carbonyl (C=O) groups is 1. The topological polar surface area (TPSA) is 57.8 Å². The van der Waals surface area contributed by atoms with E-state index in [0.29, 0.717) is 5.02 Å². The van der Waals surface area contributed by atoms with Crippen LogP contribution in [0.5, 0.6) is 0 Å². The van der Waals surface area contributed by atoms with Gasteiger partial charge in [0, 0.05) is 17.4 Å². The number of aromatic amines is 1. The van der Waals surface area contributed by atoms with E-state index in [1.165, 1.54) is 18.3 Å². The van der Waals surface area contributed by atoms with Gasteiger partial charge in [-0.05, 0) is 18.2 Å². The molecule has 0 unspecified atom stereocenters. The van der Waals surface area contributed by atoms with Crippen LogP contribution in [0.1, 0.15) is 10.4 Å². The number of hydrogen-bond acceptors (Lipinski definition) is 2. The molecule has 0 atom stereocenters. The maximum atomic E-state index is 13.3. The number of hydrogen-bond donors (Lipinski definition) is 2. The van der Waals surface area contributed by atoms with Crippen molar-refractivity contribution < 1.29 is 9.18 Å². The number of nitrogens with zero attached hydrogens (tertiary/aromatic N) is 1. The van der Waals surface area contributed by atoms with Crippen LogP contribution in [-0.2, 0) is 0 Å². The van der Waals surface area contributed by atoms with Gasteiger partial charge in [0.25, 0.3) is 5.91 Å². The molecule has 2 rings (SSSR count). The normalized spacial score (nSPS) is 10.1. The van der Waals surface area contributed by atoms with Gasteiger partial charge in [-0.1, -0.05) is 11.6 Å². The first-order valence-corrected chi connectivity index (χ1v) is 4.80. The Morgan fingerprint density at radius 3 is 3.00 bits per heavy atom. The van der Waals surface area contributed by atoms with Crippen LogP contribution >= 0.6 is 11.6 Å². The molecule has 0 saturated heterocycles. The average molecular weight is 240 g/mol. The van der Waals surface area contributed by atoms with Crippen molar-refractivity contribution in [2.24, 2.45) is 0 Å². The second-order valence-corrected chi connectivity index (χ2v) is 3.45. The Labute approximate surface area is 95.5 Å². The molecule has 2 aromatic rings. The molecule has 0 fully saturated rings. The first-order valence-electron chi connectivity index (χ1n) is 4.42. The molecule has 0 spiro atoms. The molecule has 0 radical (unpaired) electrons. The maximum Gasteiger partial charge on any atom is 0.260 e. The SMILES string of the molecule is O=C(Nc1ncc[nH]1)c1cc(Cl)ccc1F. The average Bonchev–Trinajstić information content (AvgIpc) is 2.74. The second-order valence-electron chi connectivity index (χ2n) is 3.02. The van der Waals surface area contributed by atoms with Gasteiger partial charge in [-0.3, -0.25) is 10.1 Å². The van der Waals surface area contributed by atoms with Crippen LogP contribution in [0.3, 0.4) is 0 Å². The highest BCUT2D eigenvalue weighted by atomic mass is 35.5. The van der Waals surface area contributed by atoms with E-state index >= 15 is 0 Å². The first-order chi connectivity index (χ1) is 7.66. The number of aromatic nitrogens is 2. The molecule has 0 aliphatic heterocycles. The smallest absolute Gasteiger partial charge is 0.260 e. The highest BCUT2D eigenvalue weighted by molar-refractivity contribution is 6.31. The van der Waals surface area contributed by atoms with Crippen molar-refractivity contribution in [2.45, 2.75) is 0 Å². The lowest BCUT2D eigenvalue weighted by molar-refractivity contribution is 0.102. The monoisotopic (exact) mass is 239 g/mol. The van der Waals surface area contributed by atoms with E-state index in [2.05, 4.69) is 15.3 Å². The number of anilines is 1. The van der Waals surface area contributed by atoms with E-state index in [4.69, 9.17) is 11.6 Å². The predicted molar refractivity (Wildman–Crippen MR) is 58.0 cm³/mol. The van der Waals surface area contributed by atoms with Crippen LogP contribution < -0.4 is 5.32 Å². The molecule has 0 bridgehead atoms. The van der Waals surface area contributed by atoms with E-state index in [1.54, 1.807) is 6.20 Å². The Morgan fingerprint density at radius 2 is 2.31 bits per heavy atom. The van der Waals surface area contributed by atoms with E-state index in [0.717, 1.165) is 6.07 Å². The summed E-state index contributed by atoms with van der Waals surface area (Å²) < 4.78 is 13.3. The zero-order chi connectivity index (χ0) is 11.5. The van der Waals surface area contributed by atoms with Gasteiger partial charge in [0.15, 0.2) is 0 Å². The third-order valence-electron chi connectivity index (χ3n) is 1.90. The van der Waals surface area contributed by atoms with Gasteiger partial charge in [-0.2, -0.15) is 0 Å². The van der Waals surface area contributed by atoms with Gasteiger partial charge in [0.1, 0.15) is 5.82 Å². The Balaban J connectivity index is 2.24. The lowest BCUT2D eigenvalue weighted by Crippen LogP contribution is -2.14. The van der Waals surface area contributed by atoms with Gasteiger partial charge in [-0.25, -0.2) is 9.37 Å². The number of nitrogens with one attached hydrogen (secondary N) is 2. The Bertz CT molecular complexity index is 513. The highest BCUT2D eigenvalue weighted by Gasteiger charge is 2.13. The minimum absolute atomic E-state index is 0.121. The van der Waals surface area contributed by atoms with Crippen LogP contribution in [0, 0.1) is 5.82 Å². The second kappa shape index (κ2) is 4.32. The Morgan fingerprint density at radius 1 is 1.50 bits per heavy atom. The number of H-pyrrole nitrogens is 1. The number of amides is 1. The zero-order valence-electron chi connectivity index (χ0n) is 8.00. The number of halogens is 2. The number of rotatable bonds is 2. The van der Waals surface area contributed by atoms with Gasteiger partial charge in [0.2, 0.25) is 5.95 Å². The van der Waals surface area contributed by atoms with Crippen LogP contribution in [0.2, 0.25) is 5.02 Å². The molecule has 82 valence electrons. The fourth-order valence-corrected chi connectivity index (χ4v) is 1.35. The fourth-order valence-electron chi connectivity index (χ4n) is 1.18. The zero-order valence-corrected chi connectivity index (χ0v) is 8.75. The van der Waals surface area contributed by atoms with Crippen LogP contribution in [0.15, 0.2) is 30.6 Å². The van der Waals surface area contributed by atoms with E-state index in [9.17, 15) is 9.18 Å². The molecule has 2 N–H and O–H groups in total. The molecule has 4 nitrogen and oxygen atoms in total. The summed E-state index contributed by atoms with van der Waals surface area (Å²) in [5.74, 6) is -0.979. The molecular formula is C10H7ClFN3O. The standard InChI is InChI=1S/C10H7ClFN3O/c11-6-1-2-8(12)7(5-6)9(16)15-10-13-3-4-14-10/h1-5H,(H2,13,14,15,16). The molecule has 1 aromatic carbocycles. The lowest BCUT2D eigenvalue weighted by Gasteiger charge is -2.03. The highest BCUT2D eigenvalue weighted by Crippen LogP contribution is 2.15. The molecule has 1 aromatic heterocycles. The number of benzene rings is 1. The van der Waals surface area contributed by atoms with Crippen LogP contribution in [0.25, 0.3) is 0 Å². The van der Waals surface area contributed by atoms with E-state index in [-0.39, 0.29) is 11.5 Å². The fraction of sp³-hybridized carbons (Fsp3) is 0. The summed E-state index contributed by atoms with van der Waals surface area (Å²) in [6, 6.07) is 3.77. The van der Waals surface area contributed by atoms with Crippen molar-refractivity contribution in [3.63, 3.8) is 0 Å². The van der Waals surface area contributed by atoms with E-state index < -0.39 is 11.7 Å². The summed E-state index contributed by atoms with van der Waals surface area (Å²) in [6.45, 7) is 0. The predicted octanol–water partition coefficient (Wildman–Crippen LogP) is 2.45. The molecule has 0 saturated carbocycles. The van der Waals surface area contributed by atoms with Crippen LogP contribution in [0.4, 0.5) is 10.3 Å². The number of imidazole rings is 1. The summed E-state index contributed by atoms with van der Waals surface area (Å²) in [7, 11) is 0. The summed E-state index contributed by atoms with van der Waals surface area (Å²) in [4.78, 5) is 18.1.